The minimum atomic E-state index is -0.132. The van der Waals surface area contributed by atoms with Crippen molar-refractivity contribution in [2.75, 3.05) is 36.5 Å². The van der Waals surface area contributed by atoms with Crippen molar-refractivity contribution in [1.82, 2.24) is 4.98 Å². The zero-order chi connectivity index (χ0) is 16.1. The monoisotopic (exact) mass is 311 g/mol. The summed E-state index contributed by atoms with van der Waals surface area (Å²) in [5, 5.41) is 2.96. The average molecular weight is 311 g/mol. The lowest BCUT2D eigenvalue weighted by atomic mass is 10.1. The van der Waals surface area contributed by atoms with Crippen molar-refractivity contribution in [2.24, 2.45) is 0 Å². The average Bonchev–Trinajstić information content (AvgIpc) is 2.63. The quantitative estimate of drug-likeness (QED) is 0.943. The summed E-state index contributed by atoms with van der Waals surface area (Å²) in [6.45, 7) is 5.18. The Morgan fingerprint density at radius 2 is 2.00 bits per heavy atom. The number of amides is 1. The number of para-hydroxylation sites is 1. The van der Waals surface area contributed by atoms with Gasteiger partial charge in [0.25, 0.3) is 5.91 Å². The van der Waals surface area contributed by atoms with E-state index < -0.39 is 0 Å². The lowest BCUT2D eigenvalue weighted by Gasteiger charge is -2.27. The van der Waals surface area contributed by atoms with E-state index in [1.54, 1.807) is 6.20 Å². The van der Waals surface area contributed by atoms with Gasteiger partial charge in [-0.2, -0.15) is 0 Å². The van der Waals surface area contributed by atoms with Crippen LogP contribution in [0.5, 0.6) is 0 Å². The molecule has 3 rings (SSSR count). The highest BCUT2D eigenvalue weighted by Crippen LogP contribution is 2.18. The minimum absolute atomic E-state index is 0.132. The third-order valence-corrected chi connectivity index (χ3v) is 3.99. The molecule has 120 valence electrons. The van der Waals surface area contributed by atoms with Crippen molar-refractivity contribution >= 4 is 17.4 Å². The maximum Gasteiger partial charge on any atom is 0.257 e. The standard InChI is InChI=1S/C18H21N3O2/c1-2-14-5-3-4-6-16(14)20-18(22)15-7-8-17(19-13-15)21-9-11-23-12-10-21/h3-8,13H,2,9-12H2,1H3,(H,20,22). The van der Waals surface area contributed by atoms with E-state index in [4.69, 9.17) is 4.74 Å². The summed E-state index contributed by atoms with van der Waals surface area (Å²) in [4.78, 5) is 19.0. The number of pyridine rings is 1. The van der Waals surface area contributed by atoms with Crippen LogP contribution in [0.4, 0.5) is 11.5 Å². The summed E-state index contributed by atoms with van der Waals surface area (Å²) >= 11 is 0. The number of aromatic nitrogens is 1. The first-order valence-corrected chi connectivity index (χ1v) is 7.96. The number of benzene rings is 1. The second kappa shape index (κ2) is 7.24. The van der Waals surface area contributed by atoms with E-state index in [9.17, 15) is 4.79 Å². The molecule has 1 aromatic carbocycles. The molecule has 0 bridgehead atoms. The molecule has 23 heavy (non-hydrogen) atoms. The van der Waals surface area contributed by atoms with Gasteiger partial charge in [-0.15, -0.1) is 0 Å². The van der Waals surface area contributed by atoms with E-state index in [1.807, 2.05) is 36.4 Å². The molecule has 1 saturated heterocycles. The number of anilines is 2. The van der Waals surface area contributed by atoms with E-state index in [0.717, 1.165) is 49.8 Å². The van der Waals surface area contributed by atoms with Crippen molar-refractivity contribution in [3.8, 4) is 0 Å². The third kappa shape index (κ3) is 3.68. The topological polar surface area (TPSA) is 54.5 Å². The van der Waals surface area contributed by atoms with Gasteiger partial charge in [-0.05, 0) is 30.2 Å². The summed E-state index contributed by atoms with van der Waals surface area (Å²) < 4.78 is 5.34. The highest BCUT2D eigenvalue weighted by atomic mass is 16.5. The molecule has 2 heterocycles. The molecule has 1 aromatic heterocycles. The second-order valence-corrected chi connectivity index (χ2v) is 5.47. The number of nitrogens with zero attached hydrogens (tertiary/aromatic N) is 2. The van der Waals surface area contributed by atoms with Crippen molar-refractivity contribution in [3.63, 3.8) is 0 Å². The number of hydrogen-bond donors (Lipinski definition) is 1. The highest BCUT2D eigenvalue weighted by Gasteiger charge is 2.14. The van der Waals surface area contributed by atoms with Crippen LogP contribution in [0.15, 0.2) is 42.6 Å². The van der Waals surface area contributed by atoms with Crippen LogP contribution in [0.3, 0.4) is 0 Å². The highest BCUT2D eigenvalue weighted by molar-refractivity contribution is 6.04. The molecule has 1 fully saturated rings. The molecule has 0 aliphatic carbocycles. The fourth-order valence-corrected chi connectivity index (χ4v) is 2.64. The fourth-order valence-electron chi connectivity index (χ4n) is 2.64. The predicted octanol–water partition coefficient (Wildman–Crippen LogP) is 2.73. The zero-order valence-corrected chi connectivity index (χ0v) is 13.3. The number of aryl methyl sites for hydroxylation is 1. The SMILES string of the molecule is CCc1ccccc1NC(=O)c1ccc(N2CCOCC2)nc1. The van der Waals surface area contributed by atoms with Gasteiger partial charge in [0.1, 0.15) is 5.82 Å². The molecular weight excluding hydrogens is 290 g/mol. The van der Waals surface area contributed by atoms with Crippen LogP contribution in [0.1, 0.15) is 22.8 Å². The fraction of sp³-hybridized carbons (Fsp3) is 0.333. The van der Waals surface area contributed by atoms with Gasteiger partial charge in [-0.3, -0.25) is 4.79 Å². The van der Waals surface area contributed by atoms with Gasteiger partial charge in [-0.1, -0.05) is 25.1 Å². The van der Waals surface area contributed by atoms with Crippen LogP contribution in [0, 0.1) is 0 Å². The van der Waals surface area contributed by atoms with Gasteiger partial charge in [0.15, 0.2) is 0 Å². The summed E-state index contributed by atoms with van der Waals surface area (Å²) in [6, 6.07) is 11.6. The number of carbonyl (C=O) groups is 1. The largest absolute Gasteiger partial charge is 0.378 e. The molecule has 1 amide bonds. The maximum atomic E-state index is 12.4. The van der Waals surface area contributed by atoms with E-state index in [0.29, 0.717) is 5.56 Å². The first-order chi connectivity index (χ1) is 11.3. The number of nitrogens with one attached hydrogen (secondary N) is 1. The molecular formula is C18H21N3O2. The molecule has 1 aliphatic rings. The maximum absolute atomic E-state index is 12.4. The summed E-state index contributed by atoms with van der Waals surface area (Å²) in [6.07, 6.45) is 2.51. The number of morpholine rings is 1. The Morgan fingerprint density at radius 3 is 2.70 bits per heavy atom. The van der Waals surface area contributed by atoms with Gasteiger partial charge in [0.2, 0.25) is 0 Å². The van der Waals surface area contributed by atoms with Gasteiger partial charge in [0.05, 0.1) is 18.8 Å². The Balaban J connectivity index is 1.70. The number of carbonyl (C=O) groups excluding carboxylic acids is 1. The lowest BCUT2D eigenvalue weighted by Crippen LogP contribution is -2.36. The molecule has 2 aromatic rings. The normalized spacial score (nSPS) is 14.6. The van der Waals surface area contributed by atoms with E-state index >= 15 is 0 Å². The molecule has 0 unspecified atom stereocenters. The Kier molecular flexibility index (Phi) is 4.88. The molecule has 0 saturated carbocycles. The Hall–Kier alpha value is -2.40. The van der Waals surface area contributed by atoms with Crippen LogP contribution in [-0.4, -0.2) is 37.2 Å². The van der Waals surface area contributed by atoms with Gasteiger partial charge in [0, 0.05) is 25.0 Å². The molecule has 0 spiro atoms. The molecule has 1 N–H and O–H groups in total. The lowest BCUT2D eigenvalue weighted by molar-refractivity contribution is 0.102. The molecule has 1 aliphatic heterocycles. The van der Waals surface area contributed by atoms with Crippen LogP contribution in [0.25, 0.3) is 0 Å². The van der Waals surface area contributed by atoms with Crippen LogP contribution < -0.4 is 10.2 Å². The molecule has 5 nitrogen and oxygen atoms in total. The summed E-state index contributed by atoms with van der Waals surface area (Å²) in [7, 11) is 0. The Morgan fingerprint density at radius 1 is 1.22 bits per heavy atom. The third-order valence-electron chi connectivity index (χ3n) is 3.99. The first kappa shape index (κ1) is 15.5. The van der Waals surface area contributed by atoms with Crippen molar-refractivity contribution < 1.29 is 9.53 Å². The van der Waals surface area contributed by atoms with Crippen LogP contribution >= 0.6 is 0 Å². The van der Waals surface area contributed by atoms with Crippen LogP contribution in [0.2, 0.25) is 0 Å². The number of hydrogen-bond acceptors (Lipinski definition) is 4. The predicted molar refractivity (Wildman–Crippen MR) is 91.0 cm³/mol. The van der Waals surface area contributed by atoms with Crippen molar-refractivity contribution in [1.29, 1.82) is 0 Å². The summed E-state index contributed by atoms with van der Waals surface area (Å²) in [5.41, 5.74) is 2.55. The van der Waals surface area contributed by atoms with Gasteiger partial charge < -0.3 is 15.0 Å². The van der Waals surface area contributed by atoms with Gasteiger partial charge >= 0.3 is 0 Å². The second-order valence-electron chi connectivity index (χ2n) is 5.47. The van der Waals surface area contributed by atoms with E-state index in [1.165, 1.54) is 0 Å². The van der Waals surface area contributed by atoms with Crippen LogP contribution in [-0.2, 0) is 11.2 Å². The van der Waals surface area contributed by atoms with Crippen molar-refractivity contribution in [2.45, 2.75) is 13.3 Å². The first-order valence-electron chi connectivity index (χ1n) is 7.96. The minimum Gasteiger partial charge on any atom is -0.378 e. The van der Waals surface area contributed by atoms with E-state index in [-0.39, 0.29) is 5.91 Å². The number of ether oxygens (including phenoxy) is 1. The number of rotatable bonds is 4. The Labute approximate surface area is 136 Å². The van der Waals surface area contributed by atoms with Gasteiger partial charge in [-0.25, -0.2) is 4.98 Å². The van der Waals surface area contributed by atoms with E-state index in [2.05, 4.69) is 22.1 Å². The smallest absolute Gasteiger partial charge is 0.257 e. The van der Waals surface area contributed by atoms with Crippen molar-refractivity contribution in [3.05, 3.63) is 53.7 Å². The summed E-state index contributed by atoms with van der Waals surface area (Å²) in [5.74, 6) is 0.755. The molecule has 5 heteroatoms. The Bertz CT molecular complexity index is 664. The molecule has 0 atom stereocenters. The molecule has 0 radical (unpaired) electrons. The zero-order valence-electron chi connectivity index (χ0n) is 13.3.